The Morgan fingerprint density at radius 1 is 1.25 bits per heavy atom. The standard InChI is InChI=1S/C14H20O2/c1-3-10-15-13-7-4-12(5-8-13)6-9-14-11(2)16-14/h4-5,7-8,11,14H,3,6,9-10H2,1-2H3. The summed E-state index contributed by atoms with van der Waals surface area (Å²) in [7, 11) is 0. The predicted octanol–water partition coefficient (Wildman–Crippen LogP) is 3.20. The van der Waals surface area contributed by atoms with E-state index in [1.54, 1.807) is 0 Å². The van der Waals surface area contributed by atoms with Gasteiger partial charge in [0.05, 0.1) is 18.8 Å². The molecule has 16 heavy (non-hydrogen) atoms. The van der Waals surface area contributed by atoms with Crippen LogP contribution in [0.15, 0.2) is 24.3 Å². The molecule has 0 bridgehead atoms. The average Bonchev–Trinajstić information content (AvgIpc) is 3.01. The third-order valence-electron chi connectivity index (χ3n) is 2.95. The molecular formula is C14H20O2. The van der Waals surface area contributed by atoms with E-state index in [2.05, 4.69) is 38.1 Å². The maximum atomic E-state index is 5.54. The third-order valence-corrected chi connectivity index (χ3v) is 2.95. The van der Waals surface area contributed by atoms with Gasteiger partial charge in [-0.1, -0.05) is 19.1 Å². The SMILES string of the molecule is CCCOc1ccc(CCC2OC2C)cc1. The lowest BCUT2D eigenvalue weighted by Crippen LogP contribution is -1.96. The predicted molar refractivity (Wildman–Crippen MR) is 64.9 cm³/mol. The van der Waals surface area contributed by atoms with Crippen molar-refractivity contribution in [2.75, 3.05) is 6.61 Å². The molecule has 2 unspecified atom stereocenters. The summed E-state index contributed by atoms with van der Waals surface area (Å²) in [6, 6.07) is 8.42. The van der Waals surface area contributed by atoms with Crippen LogP contribution in [0.5, 0.6) is 5.75 Å². The van der Waals surface area contributed by atoms with Gasteiger partial charge in [-0.05, 0) is 43.9 Å². The number of benzene rings is 1. The Kier molecular flexibility index (Phi) is 3.83. The summed E-state index contributed by atoms with van der Waals surface area (Å²) in [5, 5.41) is 0. The topological polar surface area (TPSA) is 21.8 Å². The van der Waals surface area contributed by atoms with E-state index >= 15 is 0 Å². The lowest BCUT2D eigenvalue weighted by atomic mass is 10.1. The van der Waals surface area contributed by atoms with Gasteiger partial charge in [0.15, 0.2) is 0 Å². The molecule has 0 aromatic heterocycles. The van der Waals surface area contributed by atoms with Crippen molar-refractivity contribution in [2.45, 2.75) is 45.3 Å². The molecule has 0 spiro atoms. The second-order valence-corrected chi connectivity index (χ2v) is 4.41. The number of rotatable bonds is 6. The van der Waals surface area contributed by atoms with Crippen molar-refractivity contribution in [1.82, 2.24) is 0 Å². The first-order chi connectivity index (χ1) is 7.79. The quantitative estimate of drug-likeness (QED) is 0.687. The average molecular weight is 220 g/mol. The van der Waals surface area contributed by atoms with Crippen LogP contribution in [0.3, 0.4) is 0 Å². The maximum absolute atomic E-state index is 5.54. The highest BCUT2D eigenvalue weighted by molar-refractivity contribution is 5.27. The van der Waals surface area contributed by atoms with Gasteiger partial charge in [0.1, 0.15) is 5.75 Å². The number of hydrogen-bond acceptors (Lipinski definition) is 2. The van der Waals surface area contributed by atoms with Gasteiger partial charge < -0.3 is 9.47 Å². The van der Waals surface area contributed by atoms with Crippen LogP contribution in [0.2, 0.25) is 0 Å². The second-order valence-electron chi connectivity index (χ2n) is 4.41. The van der Waals surface area contributed by atoms with E-state index in [0.717, 1.165) is 31.6 Å². The Morgan fingerprint density at radius 2 is 1.94 bits per heavy atom. The summed E-state index contributed by atoms with van der Waals surface area (Å²) in [5.41, 5.74) is 1.37. The van der Waals surface area contributed by atoms with E-state index in [9.17, 15) is 0 Å². The van der Waals surface area contributed by atoms with Crippen LogP contribution in [0.25, 0.3) is 0 Å². The number of hydrogen-bond donors (Lipinski definition) is 0. The van der Waals surface area contributed by atoms with Crippen LogP contribution in [-0.4, -0.2) is 18.8 Å². The maximum Gasteiger partial charge on any atom is 0.119 e. The van der Waals surface area contributed by atoms with E-state index in [1.165, 1.54) is 5.56 Å². The highest BCUT2D eigenvalue weighted by atomic mass is 16.6. The molecule has 1 aliphatic rings. The lowest BCUT2D eigenvalue weighted by molar-refractivity contribution is 0.317. The Labute approximate surface area is 97.6 Å². The van der Waals surface area contributed by atoms with Gasteiger partial charge >= 0.3 is 0 Å². The van der Waals surface area contributed by atoms with E-state index in [-0.39, 0.29) is 0 Å². The zero-order chi connectivity index (χ0) is 11.4. The van der Waals surface area contributed by atoms with Crippen molar-refractivity contribution < 1.29 is 9.47 Å². The summed E-state index contributed by atoms with van der Waals surface area (Å²) < 4.78 is 10.9. The minimum absolute atomic E-state index is 0.479. The number of epoxide rings is 1. The van der Waals surface area contributed by atoms with E-state index in [0.29, 0.717) is 12.2 Å². The van der Waals surface area contributed by atoms with E-state index in [1.807, 2.05) is 0 Å². The van der Waals surface area contributed by atoms with E-state index in [4.69, 9.17) is 9.47 Å². The largest absolute Gasteiger partial charge is 0.494 e. The minimum Gasteiger partial charge on any atom is -0.494 e. The molecule has 0 N–H and O–H groups in total. The Bertz CT molecular complexity index is 318. The Hall–Kier alpha value is -1.02. The first-order valence-electron chi connectivity index (χ1n) is 6.17. The Balaban J connectivity index is 1.77. The fraction of sp³-hybridized carbons (Fsp3) is 0.571. The molecular weight excluding hydrogens is 200 g/mol. The summed E-state index contributed by atoms with van der Waals surface area (Å²) in [6.07, 6.45) is 4.26. The molecule has 2 heteroatoms. The van der Waals surface area contributed by atoms with Crippen molar-refractivity contribution in [3.8, 4) is 5.75 Å². The van der Waals surface area contributed by atoms with Crippen LogP contribution < -0.4 is 4.74 Å². The molecule has 1 heterocycles. The summed E-state index contributed by atoms with van der Waals surface area (Å²) in [4.78, 5) is 0. The van der Waals surface area contributed by atoms with Gasteiger partial charge in [-0.15, -0.1) is 0 Å². The second kappa shape index (κ2) is 5.35. The first kappa shape index (κ1) is 11.5. The highest BCUT2D eigenvalue weighted by Gasteiger charge is 2.33. The zero-order valence-electron chi connectivity index (χ0n) is 10.1. The van der Waals surface area contributed by atoms with Crippen molar-refractivity contribution in [3.63, 3.8) is 0 Å². The molecule has 88 valence electrons. The summed E-state index contributed by atoms with van der Waals surface area (Å²) in [6.45, 7) is 5.05. The van der Waals surface area contributed by atoms with Crippen LogP contribution in [0.1, 0.15) is 32.3 Å². The molecule has 2 atom stereocenters. The van der Waals surface area contributed by atoms with Crippen molar-refractivity contribution >= 4 is 0 Å². The number of ether oxygens (including phenoxy) is 2. The highest BCUT2D eigenvalue weighted by Crippen LogP contribution is 2.26. The smallest absolute Gasteiger partial charge is 0.119 e. The molecule has 1 aromatic rings. The summed E-state index contributed by atoms with van der Waals surface area (Å²) >= 11 is 0. The molecule has 1 fully saturated rings. The Morgan fingerprint density at radius 3 is 2.50 bits per heavy atom. The minimum atomic E-state index is 0.479. The zero-order valence-corrected chi connectivity index (χ0v) is 10.1. The van der Waals surface area contributed by atoms with Gasteiger partial charge in [-0.2, -0.15) is 0 Å². The van der Waals surface area contributed by atoms with Crippen LogP contribution in [0.4, 0.5) is 0 Å². The molecule has 2 nitrogen and oxygen atoms in total. The van der Waals surface area contributed by atoms with Crippen molar-refractivity contribution in [3.05, 3.63) is 29.8 Å². The number of aryl methyl sites for hydroxylation is 1. The third kappa shape index (κ3) is 3.24. The van der Waals surface area contributed by atoms with Crippen LogP contribution in [-0.2, 0) is 11.2 Å². The van der Waals surface area contributed by atoms with E-state index < -0.39 is 0 Å². The molecule has 1 aliphatic heterocycles. The van der Waals surface area contributed by atoms with Crippen LogP contribution >= 0.6 is 0 Å². The molecule has 0 saturated carbocycles. The van der Waals surface area contributed by atoms with Gasteiger partial charge in [-0.3, -0.25) is 0 Å². The fourth-order valence-corrected chi connectivity index (χ4v) is 1.81. The molecule has 2 rings (SSSR count). The molecule has 0 aliphatic carbocycles. The molecule has 0 amide bonds. The fourth-order valence-electron chi connectivity index (χ4n) is 1.81. The van der Waals surface area contributed by atoms with Gasteiger partial charge in [0.25, 0.3) is 0 Å². The lowest BCUT2D eigenvalue weighted by Gasteiger charge is -2.05. The van der Waals surface area contributed by atoms with Crippen molar-refractivity contribution in [1.29, 1.82) is 0 Å². The molecule has 1 saturated heterocycles. The van der Waals surface area contributed by atoms with Crippen molar-refractivity contribution in [2.24, 2.45) is 0 Å². The first-order valence-corrected chi connectivity index (χ1v) is 6.17. The van der Waals surface area contributed by atoms with Gasteiger partial charge in [0, 0.05) is 0 Å². The normalized spacial score (nSPS) is 23.1. The molecule has 1 aromatic carbocycles. The molecule has 0 radical (unpaired) electrons. The van der Waals surface area contributed by atoms with Gasteiger partial charge in [-0.25, -0.2) is 0 Å². The summed E-state index contributed by atoms with van der Waals surface area (Å²) in [5.74, 6) is 0.974. The monoisotopic (exact) mass is 220 g/mol. The van der Waals surface area contributed by atoms with Crippen LogP contribution in [0, 0.1) is 0 Å². The van der Waals surface area contributed by atoms with Gasteiger partial charge in [0.2, 0.25) is 0 Å².